The second-order valence-electron chi connectivity index (χ2n) is 4.29. The van der Waals surface area contributed by atoms with Gasteiger partial charge in [-0.15, -0.1) is 0 Å². The summed E-state index contributed by atoms with van der Waals surface area (Å²) < 4.78 is 37.3. The Morgan fingerprint density at radius 2 is 1.95 bits per heavy atom. The van der Waals surface area contributed by atoms with Gasteiger partial charge in [-0.1, -0.05) is 12.1 Å². The van der Waals surface area contributed by atoms with Crippen molar-refractivity contribution in [3.05, 3.63) is 35.4 Å². The number of aliphatic hydroxyl groups excluding tert-OH is 1. The molecule has 1 amide bonds. The van der Waals surface area contributed by atoms with Crippen LogP contribution >= 0.6 is 0 Å². The summed E-state index contributed by atoms with van der Waals surface area (Å²) in [5.41, 5.74) is 2.45. The van der Waals surface area contributed by atoms with Crippen LogP contribution in [0.3, 0.4) is 0 Å². The number of carbonyl (C=O) groups excluding carboxylic acids is 1. The Bertz CT molecular complexity index is 459. The largest absolute Gasteiger partial charge is 0.416 e. The number of alkyl halides is 3. The first-order valence-corrected chi connectivity index (χ1v) is 5.76. The normalized spacial score (nSPS) is 20.6. The predicted molar refractivity (Wildman–Crippen MR) is 60.7 cm³/mol. The molecule has 0 aliphatic carbocycles. The summed E-state index contributed by atoms with van der Waals surface area (Å²) in [6.45, 7) is 0.0921. The average Bonchev–Trinajstić information content (AvgIpc) is 2.70. The maximum atomic E-state index is 12.4. The molecule has 1 unspecified atom stereocenters. The third-order valence-corrected chi connectivity index (χ3v) is 2.99. The summed E-state index contributed by atoms with van der Waals surface area (Å²) in [6.07, 6.45) is -4.20. The quantitative estimate of drug-likeness (QED) is 0.877. The minimum atomic E-state index is -4.37. The molecule has 0 spiro atoms. The van der Waals surface area contributed by atoms with Gasteiger partial charge in [-0.3, -0.25) is 10.2 Å². The number of amides is 1. The summed E-state index contributed by atoms with van der Waals surface area (Å²) in [4.78, 5) is 11.3. The minimum Gasteiger partial charge on any atom is -0.395 e. The molecule has 104 valence electrons. The van der Waals surface area contributed by atoms with Crippen molar-refractivity contribution in [2.24, 2.45) is 0 Å². The van der Waals surface area contributed by atoms with Crippen LogP contribution in [0.2, 0.25) is 0 Å². The maximum absolute atomic E-state index is 12.4. The number of hydrogen-bond donors (Lipinski definition) is 2. The van der Waals surface area contributed by atoms with Crippen LogP contribution in [0.4, 0.5) is 13.2 Å². The van der Waals surface area contributed by atoms with Crippen molar-refractivity contribution in [1.82, 2.24) is 10.4 Å². The molecule has 1 saturated heterocycles. The van der Waals surface area contributed by atoms with Crippen molar-refractivity contribution < 1.29 is 23.1 Å². The molecule has 1 fully saturated rings. The van der Waals surface area contributed by atoms with Gasteiger partial charge < -0.3 is 5.11 Å². The number of hydrogen-bond acceptors (Lipinski definition) is 3. The topological polar surface area (TPSA) is 52.6 Å². The molecule has 7 heteroatoms. The first kappa shape index (κ1) is 13.8. The molecule has 2 N–H and O–H groups in total. The van der Waals surface area contributed by atoms with Crippen LogP contribution in [0.1, 0.15) is 23.6 Å². The third kappa shape index (κ3) is 3.05. The Balaban J connectivity index is 2.19. The lowest BCUT2D eigenvalue weighted by Gasteiger charge is -2.22. The van der Waals surface area contributed by atoms with Crippen LogP contribution in [-0.4, -0.2) is 29.2 Å². The molecule has 1 heterocycles. The lowest BCUT2D eigenvalue weighted by Crippen LogP contribution is -2.36. The predicted octanol–water partition coefficient (Wildman–Crippen LogP) is 1.48. The zero-order chi connectivity index (χ0) is 14.0. The van der Waals surface area contributed by atoms with Crippen LogP contribution in [0.15, 0.2) is 24.3 Å². The van der Waals surface area contributed by atoms with E-state index >= 15 is 0 Å². The van der Waals surface area contributed by atoms with E-state index in [2.05, 4.69) is 5.43 Å². The summed E-state index contributed by atoms with van der Waals surface area (Å²) in [5, 5.41) is 10.4. The van der Waals surface area contributed by atoms with Crippen molar-refractivity contribution in [2.45, 2.75) is 18.6 Å². The molecular weight excluding hydrogens is 261 g/mol. The molecule has 1 aromatic rings. The van der Waals surface area contributed by atoms with Crippen molar-refractivity contribution in [3.63, 3.8) is 0 Å². The Morgan fingerprint density at radius 1 is 1.32 bits per heavy atom. The van der Waals surface area contributed by atoms with E-state index in [1.165, 1.54) is 17.1 Å². The number of nitrogens with zero attached hydrogens (tertiary/aromatic N) is 1. The van der Waals surface area contributed by atoms with Crippen molar-refractivity contribution in [3.8, 4) is 0 Å². The van der Waals surface area contributed by atoms with E-state index in [0.717, 1.165) is 12.1 Å². The fraction of sp³-hybridized carbons (Fsp3) is 0.417. The van der Waals surface area contributed by atoms with Crippen LogP contribution in [0.25, 0.3) is 0 Å². The molecule has 0 aromatic heterocycles. The molecule has 1 aromatic carbocycles. The molecule has 4 nitrogen and oxygen atoms in total. The summed E-state index contributed by atoms with van der Waals surface area (Å²) in [6, 6.07) is 4.36. The lowest BCUT2D eigenvalue weighted by molar-refractivity contribution is -0.137. The molecule has 0 bridgehead atoms. The van der Waals surface area contributed by atoms with E-state index in [-0.39, 0.29) is 31.5 Å². The molecule has 1 aliphatic rings. The maximum Gasteiger partial charge on any atom is 0.416 e. The van der Waals surface area contributed by atoms with Crippen LogP contribution < -0.4 is 5.43 Å². The summed E-state index contributed by atoms with van der Waals surface area (Å²) >= 11 is 0. The Kier molecular flexibility index (Phi) is 3.77. The minimum absolute atomic E-state index is 0.141. The zero-order valence-corrected chi connectivity index (χ0v) is 9.94. The van der Waals surface area contributed by atoms with E-state index in [9.17, 15) is 18.0 Å². The van der Waals surface area contributed by atoms with Gasteiger partial charge >= 0.3 is 6.18 Å². The number of aliphatic hydroxyl groups is 1. The SMILES string of the molecule is O=C1CC(c2ccc(C(F)(F)F)cc2)N(CCO)N1. The molecule has 19 heavy (non-hydrogen) atoms. The first-order chi connectivity index (χ1) is 8.91. The fourth-order valence-electron chi connectivity index (χ4n) is 2.08. The second kappa shape index (κ2) is 5.18. The number of carbonyl (C=O) groups is 1. The van der Waals surface area contributed by atoms with Gasteiger partial charge in [-0.2, -0.15) is 13.2 Å². The lowest BCUT2D eigenvalue weighted by atomic mass is 10.0. The summed E-state index contributed by atoms with van der Waals surface area (Å²) in [5.74, 6) is -0.210. The van der Waals surface area contributed by atoms with E-state index in [1.54, 1.807) is 0 Å². The molecular formula is C12H13F3N2O2. The van der Waals surface area contributed by atoms with Gasteiger partial charge in [0, 0.05) is 13.0 Å². The van der Waals surface area contributed by atoms with Gasteiger partial charge in [0.15, 0.2) is 0 Å². The van der Waals surface area contributed by atoms with Gasteiger partial charge in [-0.25, -0.2) is 5.01 Å². The van der Waals surface area contributed by atoms with Crippen molar-refractivity contribution >= 4 is 5.91 Å². The average molecular weight is 274 g/mol. The van der Waals surface area contributed by atoms with Gasteiger partial charge in [0.05, 0.1) is 18.2 Å². The van der Waals surface area contributed by atoms with Crippen LogP contribution in [0, 0.1) is 0 Å². The van der Waals surface area contributed by atoms with E-state index in [1.807, 2.05) is 0 Å². The number of benzene rings is 1. The first-order valence-electron chi connectivity index (χ1n) is 5.76. The standard InChI is InChI=1S/C12H13F3N2O2/c13-12(14,15)9-3-1-8(2-4-9)10-7-11(19)16-17(10)5-6-18/h1-4,10,18H,5-7H2,(H,16,19). The number of nitrogens with one attached hydrogen (secondary N) is 1. The van der Waals surface area contributed by atoms with E-state index < -0.39 is 11.7 Å². The Hall–Kier alpha value is -1.60. The van der Waals surface area contributed by atoms with Gasteiger partial charge in [0.25, 0.3) is 0 Å². The summed E-state index contributed by atoms with van der Waals surface area (Å²) in [7, 11) is 0. The fourth-order valence-corrected chi connectivity index (χ4v) is 2.08. The number of halogens is 3. The zero-order valence-electron chi connectivity index (χ0n) is 9.94. The smallest absolute Gasteiger partial charge is 0.395 e. The van der Waals surface area contributed by atoms with Crippen LogP contribution in [-0.2, 0) is 11.0 Å². The van der Waals surface area contributed by atoms with Gasteiger partial charge in [-0.05, 0) is 17.7 Å². The number of hydrazine groups is 1. The highest BCUT2D eigenvalue weighted by Gasteiger charge is 2.33. The highest BCUT2D eigenvalue weighted by atomic mass is 19.4. The molecule has 0 radical (unpaired) electrons. The highest BCUT2D eigenvalue weighted by Crippen LogP contribution is 2.32. The molecule has 0 saturated carbocycles. The van der Waals surface area contributed by atoms with Gasteiger partial charge in [0.2, 0.25) is 5.91 Å². The van der Waals surface area contributed by atoms with Crippen molar-refractivity contribution in [1.29, 1.82) is 0 Å². The number of β-amino-alcohol motifs (C(OH)–C–C–N with tert-alkyl or cyclic N) is 1. The number of rotatable bonds is 3. The molecule has 1 aliphatic heterocycles. The molecule has 1 atom stereocenters. The van der Waals surface area contributed by atoms with Crippen molar-refractivity contribution in [2.75, 3.05) is 13.2 Å². The molecule has 2 rings (SSSR count). The monoisotopic (exact) mass is 274 g/mol. The van der Waals surface area contributed by atoms with E-state index in [0.29, 0.717) is 5.56 Å². The second-order valence-corrected chi connectivity index (χ2v) is 4.29. The van der Waals surface area contributed by atoms with Gasteiger partial charge in [0.1, 0.15) is 0 Å². The van der Waals surface area contributed by atoms with Crippen LogP contribution in [0.5, 0.6) is 0 Å². The van der Waals surface area contributed by atoms with E-state index in [4.69, 9.17) is 5.11 Å². The third-order valence-electron chi connectivity index (χ3n) is 2.99. The highest BCUT2D eigenvalue weighted by molar-refractivity contribution is 5.78. The Labute approximate surface area is 107 Å². The Morgan fingerprint density at radius 3 is 2.47 bits per heavy atom.